The molecular formula is C20H19BrN4O3. The van der Waals surface area contributed by atoms with Crippen LogP contribution in [-0.2, 0) is 16.1 Å². The fourth-order valence-electron chi connectivity index (χ4n) is 2.68. The summed E-state index contributed by atoms with van der Waals surface area (Å²) in [5.74, 6) is -0.637. The van der Waals surface area contributed by atoms with Crippen LogP contribution in [0.3, 0.4) is 0 Å². The quantitative estimate of drug-likeness (QED) is 0.613. The van der Waals surface area contributed by atoms with Gasteiger partial charge in [0.25, 0.3) is 5.56 Å². The largest absolute Gasteiger partial charge is 0.347 e. The molecule has 144 valence electrons. The van der Waals surface area contributed by atoms with Crippen LogP contribution in [0.15, 0.2) is 58.1 Å². The fourth-order valence-corrected chi connectivity index (χ4v) is 2.93. The lowest BCUT2D eigenvalue weighted by molar-refractivity contribution is -0.124. The van der Waals surface area contributed by atoms with Crippen LogP contribution in [0.2, 0.25) is 0 Å². The Balaban J connectivity index is 1.50. The van der Waals surface area contributed by atoms with Crippen LogP contribution in [-0.4, -0.2) is 27.9 Å². The van der Waals surface area contributed by atoms with Crippen LogP contribution in [0.5, 0.6) is 0 Å². The van der Waals surface area contributed by atoms with Gasteiger partial charge in [0.05, 0.1) is 23.8 Å². The molecule has 2 amide bonds. The maximum absolute atomic E-state index is 12.4. The lowest BCUT2D eigenvalue weighted by Gasteiger charge is -2.09. The van der Waals surface area contributed by atoms with Gasteiger partial charge in [-0.05, 0) is 42.8 Å². The molecule has 28 heavy (non-hydrogen) atoms. The number of carbonyl (C=O) groups excluding carboxylic acids is 2. The SMILES string of the molecule is Cc1cc(NC(=O)CNC(=O)CCn2cnc3ccccc3c2=O)ccc1Br. The van der Waals surface area contributed by atoms with E-state index < -0.39 is 0 Å². The molecule has 0 saturated carbocycles. The third kappa shape index (κ3) is 4.83. The van der Waals surface area contributed by atoms with Crippen LogP contribution in [0, 0.1) is 6.92 Å². The van der Waals surface area contributed by atoms with Gasteiger partial charge >= 0.3 is 0 Å². The molecular weight excluding hydrogens is 424 g/mol. The van der Waals surface area contributed by atoms with Crippen LogP contribution >= 0.6 is 15.9 Å². The third-order valence-corrected chi connectivity index (χ3v) is 5.09. The molecule has 0 unspecified atom stereocenters. The summed E-state index contributed by atoms with van der Waals surface area (Å²) in [7, 11) is 0. The number of amides is 2. The summed E-state index contributed by atoms with van der Waals surface area (Å²) in [5.41, 5.74) is 2.08. The number of anilines is 1. The number of aryl methyl sites for hydroxylation is 2. The molecule has 3 rings (SSSR count). The first-order chi connectivity index (χ1) is 13.4. The molecule has 8 heteroatoms. The highest BCUT2D eigenvalue weighted by Crippen LogP contribution is 2.19. The van der Waals surface area contributed by atoms with E-state index in [-0.39, 0.29) is 36.9 Å². The van der Waals surface area contributed by atoms with Crippen molar-refractivity contribution in [2.24, 2.45) is 0 Å². The zero-order valence-corrected chi connectivity index (χ0v) is 16.8. The van der Waals surface area contributed by atoms with Crippen LogP contribution in [0.1, 0.15) is 12.0 Å². The number of hydrogen-bond acceptors (Lipinski definition) is 4. The zero-order valence-electron chi connectivity index (χ0n) is 15.2. The topological polar surface area (TPSA) is 93.1 Å². The minimum atomic E-state index is -0.320. The van der Waals surface area contributed by atoms with Crippen LogP contribution in [0.4, 0.5) is 5.69 Å². The monoisotopic (exact) mass is 442 g/mol. The number of fused-ring (bicyclic) bond motifs is 1. The van der Waals surface area contributed by atoms with E-state index in [2.05, 4.69) is 31.5 Å². The summed E-state index contributed by atoms with van der Waals surface area (Å²) < 4.78 is 2.35. The number of aromatic nitrogens is 2. The molecule has 7 nitrogen and oxygen atoms in total. The third-order valence-electron chi connectivity index (χ3n) is 4.20. The van der Waals surface area contributed by atoms with Crippen molar-refractivity contribution in [1.29, 1.82) is 0 Å². The van der Waals surface area contributed by atoms with Gasteiger partial charge < -0.3 is 10.6 Å². The predicted molar refractivity (Wildman–Crippen MR) is 111 cm³/mol. The first kappa shape index (κ1) is 19.8. The van der Waals surface area contributed by atoms with Gasteiger partial charge in [0.2, 0.25) is 11.8 Å². The Morgan fingerprint density at radius 1 is 1.14 bits per heavy atom. The van der Waals surface area contributed by atoms with Crippen molar-refractivity contribution < 1.29 is 9.59 Å². The van der Waals surface area contributed by atoms with E-state index in [1.807, 2.05) is 25.1 Å². The lowest BCUT2D eigenvalue weighted by Crippen LogP contribution is -2.34. The summed E-state index contributed by atoms with van der Waals surface area (Å²) >= 11 is 3.40. The molecule has 3 aromatic rings. The van der Waals surface area contributed by atoms with Gasteiger partial charge in [-0.15, -0.1) is 0 Å². The first-order valence-corrected chi connectivity index (χ1v) is 9.50. The van der Waals surface area contributed by atoms with Crippen LogP contribution < -0.4 is 16.2 Å². The molecule has 0 atom stereocenters. The standard InChI is InChI=1S/C20H19BrN4O3/c1-13-10-14(6-7-16(13)21)24-19(27)11-22-18(26)8-9-25-12-23-17-5-3-2-4-15(17)20(25)28/h2-7,10,12H,8-9,11H2,1H3,(H,22,26)(H,24,27). The lowest BCUT2D eigenvalue weighted by atomic mass is 10.2. The molecule has 0 bridgehead atoms. The van der Waals surface area contributed by atoms with Gasteiger partial charge in [0, 0.05) is 23.1 Å². The molecule has 0 fully saturated rings. The number of nitrogens with zero attached hydrogens (tertiary/aromatic N) is 2. The van der Waals surface area contributed by atoms with E-state index in [1.165, 1.54) is 10.9 Å². The average Bonchev–Trinajstić information content (AvgIpc) is 2.69. The van der Waals surface area contributed by atoms with Gasteiger partial charge in [0.1, 0.15) is 0 Å². The minimum Gasteiger partial charge on any atom is -0.347 e. The molecule has 0 radical (unpaired) electrons. The van der Waals surface area contributed by atoms with E-state index >= 15 is 0 Å². The zero-order chi connectivity index (χ0) is 20.1. The van der Waals surface area contributed by atoms with E-state index in [9.17, 15) is 14.4 Å². The molecule has 0 spiro atoms. The summed E-state index contributed by atoms with van der Waals surface area (Å²) in [4.78, 5) is 40.6. The van der Waals surface area contributed by atoms with Gasteiger partial charge in [-0.2, -0.15) is 0 Å². The van der Waals surface area contributed by atoms with E-state index in [1.54, 1.807) is 24.3 Å². The molecule has 2 aromatic carbocycles. The van der Waals surface area contributed by atoms with E-state index in [0.29, 0.717) is 16.6 Å². The van der Waals surface area contributed by atoms with Crippen molar-refractivity contribution in [3.05, 3.63) is 69.2 Å². The van der Waals surface area contributed by atoms with Crippen LogP contribution in [0.25, 0.3) is 10.9 Å². The second-order valence-electron chi connectivity index (χ2n) is 6.30. The molecule has 0 aliphatic heterocycles. The highest BCUT2D eigenvalue weighted by atomic mass is 79.9. The normalized spacial score (nSPS) is 10.6. The highest BCUT2D eigenvalue weighted by Gasteiger charge is 2.09. The maximum atomic E-state index is 12.4. The number of halogens is 1. The maximum Gasteiger partial charge on any atom is 0.261 e. The summed E-state index contributed by atoms with van der Waals surface area (Å²) in [6.07, 6.45) is 1.51. The summed E-state index contributed by atoms with van der Waals surface area (Å²) in [6.45, 7) is 1.97. The van der Waals surface area contributed by atoms with Gasteiger partial charge in [0.15, 0.2) is 0 Å². The number of nitrogens with one attached hydrogen (secondary N) is 2. The van der Waals surface area contributed by atoms with Crippen molar-refractivity contribution in [2.75, 3.05) is 11.9 Å². The van der Waals surface area contributed by atoms with E-state index in [4.69, 9.17) is 0 Å². The second-order valence-corrected chi connectivity index (χ2v) is 7.15. The highest BCUT2D eigenvalue weighted by molar-refractivity contribution is 9.10. The number of hydrogen-bond donors (Lipinski definition) is 2. The Morgan fingerprint density at radius 3 is 2.71 bits per heavy atom. The second kappa shape index (κ2) is 8.79. The first-order valence-electron chi connectivity index (χ1n) is 8.71. The number of para-hydroxylation sites is 1. The van der Waals surface area contributed by atoms with Gasteiger partial charge in [-0.25, -0.2) is 4.98 Å². The van der Waals surface area contributed by atoms with Crippen molar-refractivity contribution in [2.45, 2.75) is 19.9 Å². The van der Waals surface area contributed by atoms with Crippen molar-refractivity contribution in [3.8, 4) is 0 Å². The van der Waals surface area contributed by atoms with Crippen molar-refractivity contribution >= 4 is 44.3 Å². The number of benzene rings is 2. The van der Waals surface area contributed by atoms with Crippen molar-refractivity contribution in [3.63, 3.8) is 0 Å². The molecule has 0 saturated heterocycles. The average molecular weight is 443 g/mol. The number of rotatable bonds is 6. The van der Waals surface area contributed by atoms with Gasteiger partial charge in [-0.3, -0.25) is 19.0 Å². The predicted octanol–water partition coefficient (Wildman–Crippen LogP) is 2.61. The summed E-state index contributed by atoms with van der Waals surface area (Å²) in [5, 5.41) is 5.80. The molecule has 1 heterocycles. The Hall–Kier alpha value is -3.00. The molecule has 0 aliphatic carbocycles. The van der Waals surface area contributed by atoms with Crippen molar-refractivity contribution in [1.82, 2.24) is 14.9 Å². The van der Waals surface area contributed by atoms with E-state index in [0.717, 1.165) is 10.0 Å². The Morgan fingerprint density at radius 2 is 1.93 bits per heavy atom. The molecule has 1 aromatic heterocycles. The smallest absolute Gasteiger partial charge is 0.261 e. The van der Waals surface area contributed by atoms with Gasteiger partial charge in [-0.1, -0.05) is 28.1 Å². The Labute approximate surface area is 169 Å². The summed E-state index contributed by atoms with van der Waals surface area (Å²) in [6, 6.07) is 12.5. The Bertz CT molecular complexity index is 1090. The minimum absolute atomic E-state index is 0.0740. The Kier molecular flexibility index (Phi) is 6.20. The molecule has 2 N–H and O–H groups in total. The molecule has 0 aliphatic rings. The number of carbonyl (C=O) groups is 2. The fraction of sp³-hybridized carbons (Fsp3) is 0.200.